The second kappa shape index (κ2) is 7.24. The number of hydrogen-bond acceptors (Lipinski definition) is 4. The van der Waals surface area contributed by atoms with Crippen molar-refractivity contribution in [2.45, 2.75) is 32.9 Å². The smallest absolute Gasteiger partial charge is 0.0594 e. The number of rotatable bonds is 6. The molecule has 4 heteroatoms. The quantitative estimate of drug-likeness (QED) is 0.855. The molecule has 1 aliphatic heterocycles. The van der Waals surface area contributed by atoms with Gasteiger partial charge in [-0.3, -0.25) is 4.90 Å². The Morgan fingerprint density at radius 1 is 1.44 bits per heavy atom. The highest BCUT2D eigenvalue weighted by atomic mass is 32.1. The topological polar surface area (TPSA) is 24.5 Å². The van der Waals surface area contributed by atoms with Crippen molar-refractivity contribution < 1.29 is 4.74 Å². The fraction of sp³-hybridized carbons (Fsp3) is 0.714. The molecule has 0 aliphatic carbocycles. The SMILES string of the molecule is CCc1ccsc1CNC(C)CN1CCOCC1. The summed E-state index contributed by atoms with van der Waals surface area (Å²) in [5.74, 6) is 0. The number of ether oxygens (including phenoxy) is 1. The Hall–Kier alpha value is -0.420. The highest BCUT2D eigenvalue weighted by molar-refractivity contribution is 7.10. The van der Waals surface area contributed by atoms with Crippen molar-refractivity contribution >= 4 is 11.3 Å². The van der Waals surface area contributed by atoms with Gasteiger partial charge in [0, 0.05) is 37.1 Å². The predicted octanol–water partition coefficient (Wildman–Crippen LogP) is 2.12. The van der Waals surface area contributed by atoms with Crippen LogP contribution in [0, 0.1) is 0 Å². The summed E-state index contributed by atoms with van der Waals surface area (Å²) in [5.41, 5.74) is 1.49. The van der Waals surface area contributed by atoms with Gasteiger partial charge < -0.3 is 10.1 Å². The molecule has 0 bridgehead atoms. The van der Waals surface area contributed by atoms with Crippen LogP contribution in [0.4, 0.5) is 0 Å². The summed E-state index contributed by atoms with van der Waals surface area (Å²) in [6.45, 7) is 10.5. The van der Waals surface area contributed by atoms with Gasteiger partial charge in [0.15, 0.2) is 0 Å². The van der Waals surface area contributed by atoms with E-state index in [4.69, 9.17) is 4.74 Å². The monoisotopic (exact) mass is 268 g/mol. The lowest BCUT2D eigenvalue weighted by atomic mass is 10.2. The van der Waals surface area contributed by atoms with Crippen molar-refractivity contribution in [1.29, 1.82) is 0 Å². The van der Waals surface area contributed by atoms with E-state index in [1.165, 1.54) is 10.4 Å². The number of hydrogen-bond donors (Lipinski definition) is 1. The van der Waals surface area contributed by atoms with E-state index < -0.39 is 0 Å². The molecule has 0 amide bonds. The van der Waals surface area contributed by atoms with E-state index in [9.17, 15) is 0 Å². The molecule has 3 nitrogen and oxygen atoms in total. The molecule has 2 heterocycles. The van der Waals surface area contributed by atoms with Gasteiger partial charge in [0.2, 0.25) is 0 Å². The average molecular weight is 268 g/mol. The molecule has 0 aromatic carbocycles. The molecule has 0 saturated carbocycles. The van der Waals surface area contributed by atoms with Crippen molar-refractivity contribution in [1.82, 2.24) is 10.2 Å². The van der Waals surface area contributed by atoms with Crippen LogP contribution in [0.25, 0.3) is 0 Å². The van der Waals surface area contributed by atoms with Gasteiger partial charge in [0.05, 0.1) is 13.2 Å². The fourth-order valence-electron chi connectivity index (χ4n) is 2.34. The van der Waals surface area contributed by atoms with E-state index in [-0.39, 0.29) is 0 Å². The minimum atomic E-state index is 0.537. The largest absolute Gasteiger partial charge is 0.379 e. The molecule has 0 radical (unpaired) electrons. The zero-order chi connectivity index (χ0) is 12.8. The zero-order valence-electron chi connectivity index (χ0n) is 11.4. The predicted molar refractivity (Wildman–Crippen MR) is 77.3 cm³/mol. The van der Waals surface area contributed by atoms with Gasteiger partial charge in [-0.15, -0.1) is 11.3 Å². The molecule has 1 saturated heterocycles. The Labute approximate surface area is 114 Å². The van der Waals surface area contributed by atoms with Gasteiger partial charge in [-0.25, -0.2) is 0 Å². The first-order valence-corrected chi connectivity index (χ1v) is 7.76. The maximum atomic E-state index is 5.37. The normalized spacial score (nSPS) is 19.0. The summed E-state index contributed by atoms with van der Waals surface area (Å²) < 4.78 is 5.37. The highest BCUT2D eigenvalue weighted by Gasteiger charge is 2.13. The summed E-state index contributed by atoms with van der Waals surface area (Å²) in [4.78, 5) is 3.97. The maximum absolute atomic E-state index is 5.37. The van der Waals surface area contributed by atoms with Crippen LogP contribution in [-0.2, 0) is 17.7 Å². The van der Waals surface area contributed by atoms with E-state index >= 15 is 0 Å². The summed E-state index contributed by atoms with van der Waals surface area (Å²) in [5, 5.41) is 5.83. The van der Waals surface area contributed by atoms with Crippen LogP contribution in [0.5, 0.6) is 0 Å². The van der Waals surface area contributed by atoms with Gasteiger partial charge in [-0.05, 0) is 30.4 Å². The maximum Gasteiger partial charge on any atom is 0.0594 e. The van der Waals surface area contributed by atoms with E-state index in [0.29, 0.717) is 6.04 Å². The summed E-state index contributed by atoms with van der Waals surface area (Å²) >= 11 is 1.87. The molecule has 1 unspecified atom stereocenters. The molecule has 1 aliphatic rings. The molecule has 1 fully saturated rings. The van der Waals surface area contributed by atoms with Gasteiger partial charge in [0.1, 0.15) is 0 Å². The van der Waals surface area contributed by atoms with Crippen LogP contribution in [0.3, 0.4) is 0 Å². The summed E-state index contributed by atoms with van der Waals surface area (Å²) in [6.07, 6.45) is 1.14. The lowest BCUT2D eigenvalue weighted by Gasteiger charge is -2.29. The van der Waals surface area contributed by atoms with Crippen LogP contribution < -0.4 is 5.32 Å². The molecular weight excluding hydrogens is 244 g/mol. The molecule has 102 valence electrons. The van der Waals surface area contributed by atoms with Crippen molar-refractivity contribution in [2.75, 3.05) is 32.8 Å². The number of morpholine rings is 1. The van der Waals surface area contributed by atoms with Crippen LogP contribution in [0.1, 0.15) is 24.3 Å². The second-order valence-corrected chi connectivity index (χ2v) is 5.92. The Kier molecular flexibility index (Phi) is 5.63. The zero-order valence-corrected chi connectivity index (χ0v) is 12.3. The molecule has 1 aromatic heterocycles. The van der Waals surface area contributed by atoms with Crippen LogP contribution >= 0.6 is 11.3 Å². The van der Waals surface area contributed by atoms with Crippen LogP contribution in [0.15, 0.2) is 11.4 Å². The molecule has 1 atom stereocenters. The van der Waals surface area contributed by atoms with Crippen molar-refractivity contribution in [2.24, 2.45) is 0 Å². The summed E-state index contributed by atoms with van der Waals surface area (Å²) in [7, 11) is 0. The molecule has 18 heavy (non-hydrogen) atoms. The summed E-state index contributed by atoms with van der Waals surface area (Å²) in [6, 6.07) is 2.78. The number of thiophene rings is 1. The first-order valence-electron chi connectivity index (χ1n) is 6.88. The van der Waals surface area contributed by atoms with Crippen molar-refractivity contribution in [3.05, 3.63) is 21.9 Å². The van der Waals surface area contributed by atoms with E-state index in [1.54, 1.807) is 0 Å². The molecule has 2 rings (SSSR count). The second-order valence-electron chi connectivity index (χ2n) is 4.92. The highest BCUT2D eigenvalue weighted by Crippen LogP contribution is 2.17. The van der Waals surface area contributed by atoms with Gasteiger partial charge in [-0.1, -0.05) is 6.92 Å². The van der Waals surface area contributed by atoms with Gasteiger partial charge >= 0.3 is 0 Å². The Morgan fingerprint density at radius 2 is 2.22 bits per heavy atom. The van der Waals surface area contributed by atoms with Crippen molar-refractivity contribution in [3.63, 3.8) is 0 Å². The Bertz CT molecular complexity index is 347. The number of nitrogens with zero attached hydrogens (tertiary/aromatic N) is 1. The lowest BCUT2D eigenvalue weighted by molar-refractivity contribution is 0.0343. The third kappa shape index (κ3) is 4.05. The molecule has 1 aromatic rings. The van der Waals surface area contributed by atoms with Gasteiger partial charge in [-0.2, -0.15) is 0 Å². The van der Waals surface area contributed by atoms with Crippen LogP contribution in [0.2, 0.25) is 0 Å². The Balaban J connectivity index is 1.72. The molecular formula is C14H24N2OS. The first kappa shape index (κ1) is 14.0. The molecule has 1 N–H and O–H groups in total. The van der Waals surface area contributed by atoms with E-state index in [2.05, 4.69) is 35.5 Å². The third-order valence-corrected chi connectivity index (χ3v) is 4.43. The third-order valence-electron chi connectivity index (χ3n) is 3.47. The van der Waals surface area contributed by atoms with Gasteiger partial charge in [0.25, 0.3) is 0 Å². The van der Waals surface area contributed by atoms with E-state index in [1.807, 2.05) is 11.3 Å². The number of nitrogens with one attached hydrogen (secondary N) is 1. The van der Waals surface area contributed by atoms with Crippen LogP contribution in [-0.4, -0.2) is 43.8 Å². The fourth-order valence-corrected chi connectivity index (χ4v) is 3.27. The Morgan fingerprint density at radius 3 is 2.94 bits per heavy atom. The number of aryl methyl sites for hydroxylation is 1. The standard InChI is InChI=1S/C14H24N2OS/c1-3-13-4-9-18-14(13)10-15-12(2)11-16-5-7-17-8-6-16/h4,9,12,15H,3,5-8,10-11H2,1-2H3. The first-order chi connectivity index (χ1) is 8.79. The van der Waals surface area contributed by atoms with E-state index in [0.717, 1.165) is 45.8 Å². The molecule has 0 spiro atoms. The minimum Gasteiger partial charge on any atom is -0.379 e. The minimum absolute atomic E-state index is 0.537. The lowest BCUT2D eigenvalue weighted by Crippen LogP contribution is -2.44. The van der Waals surface area contributed by atoms with Crippen molar-refractivity contribution in [3.8, 4) is 0 Å². The average Bonchev–Trinajstić information content (AvgIpc) is 2.85.